The number of likely N-dealkylation sites (tertiary alicyclic amines) is 1. The van der Waals surface area contributed by atoms with Crippen molar-refractivity contribution in [2.75, 3.05) is 13.1 Å². The molecule has 1 aliphatic heterocycles. The van der Waals surface area contributed by atoms with Crippen LogP contribution in [0.25, 0.3) is 0 Å². The van der Waals surface area contributed by atoms with Gasteiger partial charge < -0.3 is 4.90 Å². The molecule has 1 aliphatic rings. The quantitative estimate of drug-likeness (QED) is 0.583. The van der Waals surface area contributed by atoms with E-state index in [9.17, 15) is 4.79 Å². The van der Waals surface area contributed by atoms with E-state index >= 15 is 0 Å². The molecule has 1 fully saturated rings. The third-order valence-corrected chi connectivity index (χ3v) is 2.59. The number of piperidine rings is 1. The fraction of sp³-hybridized carbons (Fsp3) is 0.800. The molecule has 1 heterocycles. The Hall–Kier alpha value is -0.750. The summed E-state index contributed by atoms with van der Waals surface area (Å²) < 4.78 is 0. The van der Waals surface area contributed by atoms with Gasteiger partial charge in [0.1, 0.15) is 5.94 Å². The first-order valence-electron chi connectivity index (χ1n) is 4.71. The molecule has 0 aromatic carbocycles. The van der Waals surface area contributed by atoms with Gasteiger partial charge in [-0.3, -0.25) is 0 Å². The Morgan fingerprint density at radius 3 is 2.92 bits per heavy atom. The van der Waals surface area contributed by atoms with E-state index in [0.29, 0.717) is 5.92 Å². The molecule has 12 heavy (non-hydrogen) atoms. The van der Waals surface area contributed by atoms with Crippen LogP contribution in [-0.2, 0) is 4.79 Å². The van der Waals surface area contributed by atoms with Gasteiger partial charge in [0, 0.05) is 13.1 Å². The van der Waals surface area contributed by atoms with Crippen LogP contribution in [0.4, 0.5) is 0 Å². The molecule has 2 unspecified atom stereocenters. The van der Waals surface area contributed by atoms with E-state index in [4.69, 9.17) is 0 Å². The highest BCUT2D eigenvalue weighted by Gasteiger charge is 2.21. The monoisotopic (exact) mass is 167 g/mol. The lowest BCUT2D eigenvalue weighted by Gasteiger charge is -2.34. The summed E-state index contributed by atoms with van der Waals surface area (Å²) in [6.45, 7) is 6.51. The highest BCUT2D eigenvalue weighted by Crippen LogP contribution is 2.23. The van der Waals surface area contributed by atoms with E-state index in [2.05, 4.69) is 18.7 Å². The van der Waals surface area contributed by atoms with Crippen LogP contribution < -0.4 is 0 Å². The lowest BCUT2D eigenvalue weighted by atomic mass is 9.89. The molecule has 1 saturated heterocycles. The average molecular weight is 167 g/mol. The maximum atomic E-state index is 10.2. The second-order valence-electron chi connectivity index (χ2n) is 3.82. The third-order valence-electron chi connectivity index (χ3n) is 2.59. The minimum atomic E-state index is 0.716. The zero-order valence-corrected chi connectivity index (χ0v) is 7.92. The highest BCUT2D eigenvalue weighted by atomic mass is 16.1. The lowest BCUT2D eigenvalue weighted by Crippen LogP contribution is -2.35. The first-order valence-corrected chi connectivity index (χ1v) is 4.71. The summed E-state index contributed by atoms with van der Waals surface area (Å²) in [7, 11) is 0. The molecule has 0 bridgehead atoms. The fourth-order valence-corrected chi connectivity index (χ4v) is 2.00. The smallest absolute Gasteiger partial charge is 0.142 e. The van der Waals surface area contributed by atoms with Gasteiger partial charge in [0.25, 0.3) is 0 Å². The molecule has 0 amide bonds. The summed E-state index contributed by atoms with van der Waals surface area (Å²) in [6, 6.07) is 0. The van der Waals surface area contributed by atoms with Crippen molar-refractivity contribution in [3.05, 3.63) is 6.20 Å². The minimum Gasteiger partial charge on any atom is -0.368 e. The van der Waals surface area contributed by atoms with Crippen molar-refractivity contribution in [2.24, 2.45) is 11.8 Å². The zero-order chi connectivity index (χ0) is 8.97. The van der Waals surface area contributed by atoms with Crippen LogP contribution in [0.1, 0.15) is 26.7 Å². The Morgan fingerprint density at radius 1 is 1.58 bits per heavy atom. The van der Waals surface area contributed by atoms with Crippen molar-refractivity contribution < 1.29 is 4.79 Å². The van der Waals surface area contributed by atoms with Crippen molar-refractivity contribution in [2.45, 2.75) is 26.7 Å². The molecule has 0 saturated carbocycles. The molecule has 68 valence electrons. The van der Waals surface area contributed by atoms with Crippen molar-refractivity contribution in [1.82, 2.24) is 4.90 Å². The van der Waals surface area contributed by atoms with Gasteiger partial charge in [0.05, 0.1) is 6.20 Å². The highest BCUT2D eigenvalue weighted by molar-refractivity contribution is 5.44. The van der Waals surface area contributed by atoms with E-state index in [1.54, 1.807) is 6.20 Å². The normalized spacial score (nSPS) is 29.7. The second kappa shape index (κ2) is 4.32. The predicted molar refractivity (Wildman–Crippen MR) is 49.4 cm³/mol. The molecule has 0 aliphatic carbocycles. The Bertz CT molecular complexity index is 184. The van der Waals surface area contributed by atoms with E-state index in [1.165, 1.54) is 12.8 Å². The molecule has 0 radical (unpaired) electrons. The Morgan fingerprint density at radius 2 is 2.33 bits per heavy atom. The molecule has 0 spiro atoms. The summed E-state index contributed by atoms with van der Waals surface area (Å²) in [5.41, 5.74) is 0. The van der Waals surface area contributed by atoms with Crippen molar-refractivity contribution in [3.8, 4) is 0 Å². The van der Waals surface area contributed by atoms with Crippen LogP contribution >= 0.6 is 0 Å². The van der Waals surface area contributed by atoms with E-state index in [-0.39, 0.29) is 0 Å². The van der Waals surface area contributed by atoms with Gasteiger partial charge in [-0.1, -0.05) is 20.3 Å². The largest absolute Gasteiger partial charge is 0.368 e. The lowest BCUT2D eigenvalue weighted by molar-refractivity contribution is 0.179. The van der Waals surface area contributed by atoms with Gasteiger partial charge >= 0.3 is 0 Å². The number of hydrogen-bond donors (Lipinski definition) is 0. The van der Waals surface area contributed by atoms with Crippen LogP contribution in [-0.4, -0.2) is 23.9 Å². The van der Waals surface area contributed by atoms with Gasteiger partial charge in [0.15, 0.2) is 0 Å². The van der Waals surface area contributed by atoms with Crippen LogP contribution in [0.5, 0.6) is 0 Å². The summed E-state index contributed by atoms with van der Waals surface area (Å²) in [6.07, 6.45) is 4.07. The van der Waals surface area contributed by atoms with E-state index in [1.807, 2.05) is 5.94 Å². The Labute approximate surface area is 74.2 Å². The Balaban J connectivity index is 2.50. The van der Waals surface area contributed by atoms with Gasteiger partial charge in [-0.05, 0) is 18.3 Å². The molecule has 1 rings (SSSR count). The number of hydrogen-bond acceptors (Lipinski definition) is 2. The summed E-state index contributed by atoms with van der Waals surface area (Å²) in [5.74, 6) is 3.33. The van der Waals surface area contributed by atoms with E-state index in [0.717, 1.165) is 19.0 Å². The summed E-state index contributed by atoms with van der Waals surface area (Å²) >= 11 is 0. The minimum absolute atomic E-state index is 0.716. The zero-order valence-electron chi connectivity index (χ0n) is 7.92. The number of rotatable bonds is 2. The van der Waals surface area contributed by atoms with Crippen LogP contribution in [0.2, 0.25) is 0 Å². The topological polar surface area (TPSA) is 20.3 Å². The maximum Gasteiger partial charge on any atom is 0.142 e. The first-order chi connectivity index (χ1) is 5.76. The molecule has 0 N–H and O–H groups in total. The van der Waals surface area contributed by atoms with Crippen molar-refractivity contribution >= 4 is 5.94 Å². The molecule has 0 aromatic heterocycles. The van der Waals surface area contributed by atoms with Gasteiger partial charge in [-0.25, -0.2) is 4.79 Å². The van der Waals surface area contributed by atoms with Crippen LogP contribution in [0.15, 0.2) is 6.20 Å². The Kier molecular flexibility index (Phi) is 3.36. The maximum absolute atomic E-state index is 10.2. The second-order valence-corrected chi connectivity index (χ2v) is 3.82. The molecular weight excluding hydrogens is 150 g/mol. The van der Waals surface area contributed by atoms with Gasteiger partial charge in [0.2, 0.25) is 0 Å². The fourth-order valence-electron chi connectivity index (χ4n) is 2.00. The van der Waals surface area contributed by atoms with Gasteiger partial charge in [-0.2, -0.15) is 0 Å². The summed E-state index contributed by atoms with van der Waals surface area (Å²) in [4.78, 5) is 12.2. The van der Waals surface area contributed by atoms with Crippen LogP contribution in [0, 0.1) is 11.8 Å². The third kappa shape index (κ3) is 2.38. The molecule has 2 nitrogen and oxygen atoms in total. The molecule has 2 heteroatoms. The van der Waals surface area contributed by atoms with Crippen molar-refractivity contribution in [3.63, 3.8) is 0 Å². The van der Waals surface area contributed by atoms with E-state index < -0.39 is 0 Å². The van der Waals surface area contributed by atoms with Gasteiger partial charge in [-0.15, -0.1) is 0 Å². The summed E-state index contributed by atoms with van der Waals surface area (Å²) in [5, 5.41) is 0. The molecule has 2 atom stereocenters. The van der Waals surface area contributed by atoms with Crippen molar-refractivity contribution in [1.29, 1.82) is 0 Å². The average Bonchev–Trinajstić information content (AvgIpc) is 2.04. The SMILES string of the molecule is CCC1CC(C)CN(C=C=O)C1. The molecule has 0 aromatic rings. The van der Waals surface area contributed by atoms with Crippen LogP contribution in [0.3, 0.4) is 0 Å². The first kappa shape index (κ1) is 9.34. The number of nitrogens with zero attached hydrogens (tertiary/aromatic N) is 1. The predicted octanol–water partition coefficient (Wildman–Crippen LogP) is 1.70. The number of carbonyl (C=O) groups excluding carboxylic acids is 1. The standard InChI is InChI=1S/C10H17NO/c1-3-10-6-9(2)7-11(8-10)4-5-12/h4,9-10H,3,6-8H2,1-2H3. The molecular formula is C10H17NO.